The molecule has 29 heavy (non-hydrogen) atoms. The molecular formula is C19H23N5O5. The summed E-state index contributed by atoms with van der Waals surface area (Å²) in [5, 5.41) is 15.1. The highest BCUT2D eigenvalue weighted by atomic mass is 16.6. The molecule has 154 valence electrons. The maximum Gasteiger partial charge on any atom is 0.327 e. The summed E-state index contributed by atoms with van der Waals surface area (Å²) in [6, 6.07) is 5.28. The summed E-state index contributed by atoms with van der Waals surface area (Å²) in [5.41, 5.74) is 8.60. The number of hydrogen-bond donors (Lipinski definition) is 1. The van der Waals surface area contributed by atoms with Crippen molar-refractivity contribution in [2.24, 2.45) is 5.73 Å². The molecule has 0 saturated heterocycles. The first-order valence-electron chi connectivity index (χ1n) is 9.36. The SMILES string of the molecule is CCOC(=O)Cn1cc2c(n1)CCN(C(=O)[C@@H](N)Cc1ccc([N+](=O)[O-])cc1)C2. The number of amides is 1. The van der Waals surface area contributed by atoms with Crippen molar-refractivity contribution in [3.8, 4) is 0 Å². The molecule has 2 N–H and O–H groups in total. The van der Waals surface area contributed by atoms with Crippen LogP contribution in [0.4, 0.5) is 5.69 Å². The molecule has 1 aliphatic heterocycles. The Morgan fingerprint density at radius 3 is 2.72 bits per heavy atom. The summed E-state index contributed by atoms with van der Waals surface area (Å²) in [4.78, 5) is 36.3. The highest BCUT2D eigenvalue weighted by molar-refractivity contribution is 5.82. The van der Waals surface area contributed by atoms with Crippen LogP contribution in [0.5, 0.6) is 0 Å². The van der Waals surface area contributed by atoms with E-state index in [0.717, 1.165) is 16.8 Å². The van der Waals surface area contributed by atoms with Crippen molar-refractivity contribution in [3.05, 3.63) is 57.4 Å². The Bertz CT molecular complexity index is 908. The fourth-order valence-corrected chi connectivity index (χ4v) is 3.31. The van der Waals surface area contributed by atoms with Crippen LogP contribution in [0.25, 0.3) is 0 Å². The second-order valence-corrected chi connectivity index (χ2v) is 6.85. The van der Waals surface area contributed by atoms with Gasteiger partial charge in [0, 0.05) is 43.4 Å². The number of nitro benzene ring substituents is 1. The Morgan fingerprint density at radius 1 is 1.34 bits per heavy atom. The van der Waals surface area contributed by atoms with Crippen LogP contribution in [0.2, 0.25) is 0 Å². The van der Waals surface area contributed by atoms with E-state index in [-0.39, 0.29) is 24.1 Å². The van der Waals surface area contributed by atoms with E-state index >= 15 is 0 Å². The number of carbonyl (C=O) groups is 2. The normalized spacial score (nSPS) is 14.2. The number of aromatic nitrogens is 2. The van der Waals surface area contributed by atoms with Crippen LogP contribution < -0.4 is 5.73 Å². The van der Waals surface area contributed by atoms with Crippen molar-refractivity contribution in [1.82, 2.24) is 14.7 Å². The Hall–Kier alpha value is -3.27. The van der Waals surface area contributed by atoms with Gasteiger partial charge in [-0.25, -0.2) is 0 Å². The maximum absolute atomic E-state index is 12.7. The molecule has 1 aliphatic rings. The molecule has 0 aliphatic carbocycles. The van der Waals surface area contributed by atoms with E-state index in [9.17, 15) is 19.7 Å². The molecule has 0 bridgehead atoms. The Balaban J connectivity index is 1.60. The molecule has 0 spiro atoms. The number of nitro groups is 1. The van der Waals surface area contributed by atoms with E-state index in [2.05, 4.69) is 5.10 Å². The van der Waals surface area contributed by atoms with Gasteiger partial charge in [-0.15, -0.1) is 0 Å². The van der Waals surface area contributed by atoms with E-state index in [4.69, 9.17) is 10.5 Å². The summed E-state index contributed by atoms with van der Waals surface area (Å²) in [5.74, 6) is -0.544. The standard InChI is InChI=1S/C19H23N5O5/c1-2-29-18(25)12-23-11-14-10-22(8-7-17(14)21-23)19(26)16(20)9-13-3-5-15(6-4-13)24(27)28/h3-6,11,16H,2,7-10,12,20H2,1H3/t16-/m0/s1. The summed E-state index contributed by atoms with van der Waals surface area (Å²) in [7, 11) is 0. The number of nitrogens with zero attached hydrogens (tertiary/aromatic N) is 4. The van der Waals surface area contributed by atoms with Crippen molar-refractivity contribution in [3.63, 3.8) is 0 Å². The van der Waals surface area contributed by atoms with E-state index < -0.39 is 11.0 Å². The zero-order valence-corrected chi connectivity index (χ0v) is 16.1. The van der Waals surface area contributed by atoms with Crippen molar-refractivity contribution in [2.75, 3.05) is 13.2 Å². The second kappa shape index (κ2) is 8.82. The van der Waals surface area contributed by atoms with Gasteiger partial charge in [-0.2, -0.15) is 5.10 Å². The van der Waals surface area contributed by atoms with Gasteiger partial charge < -0.3 is 15.4 Å². The van der Waals surface area contributed by atoms with E-state index in [1.54, 1.807) is 30.2 Å². The maximum atomic E-state index is 12.7. The van der Waals surface area contributed by atoms with Crippen molar-refractivity contribution in [2.45, 2.75) is 38.9 Å². The minimum absolute atomic E-state index is 0.00274. The fourth-order valence-electron chi connectivity index (χ4n) is 3.31. The minimum Gasteiger partial charge on any atom is -0.465 e. The lowest BCUT2D eigenvalue weighted by atomic mass is 10.0. The quantitative estimate of drug-likeness (QED) is 0.412. The average molecular weight is 401 g/mol. The van der Waals surface area contributed by atoms with Gasteiger partial charge >= 0.3 is 5.97 Å². The summed E-state index contributed by atoms with van der Waals surface area (Å²) in [6.07, 6.45) is 2.64. The van der Waals surface area contributed by atoms with Crippen LogP contribution in [0, 0.1) is 10.1 Å². The number of esters is 1. The van der Waals surface area contributed by atoms with Gasteiger partial charge in [0.1, 0.15) is 6.54 Å². The molecule has 0 radical (unpaired) electrons. The monoisotopic (exact) mass is 401 g/mol. The molecule has 10 nitrogen and oxygen atoms in total. The third-order valence-corrected chi connectivity index (χ3v) is 4.73. The zero-order chi connectivity index (χ0) is 21.0. The first-order valence-corrected chi connectivity index (χ1v) is 9.36. The topological polar surface area (TPSA) is 134 Å². The van der Waals surface area contributed by atoms with E-state index in [0.29, 0.717) is 32.5 Å². The van der Waals surface area contributed by atoms with Crippen LogP contribution >= 0.6 is 0 Å². The Morgan fingerprint density at radius 2 is 2.07 bits per heavy atom. The highest BCUT2D eigenvalue weighted by Gasteiger charge is 2.27. The third-order valence-electron chi connectivity index (χ3n) is 4.73. The number of carbonyl (C=O) groups excluding carboxylic acids is 2. The van der Waals surface area contributed by atoms with Gasteiger partial charge in [0.25, 0.3) is 5.69 Å². The summed E-state index contributed by atoms with van der Waals surface area (Å²) >= 11 is 0. The van der Waals surface area contributed by atoms with E-state index in [1.807, 2.05) is 0 Å². The van der Waals surface area contributed by atoms with Crippen molar-refractivity contribution < 1.29 is 19.2 Å². The average Bonchev–Trinajstić information content (AvgIpc) is 3.09. The number of fused-ring (bicyclic) bond motifs is 1. The predicted octanol–water partition coefficient (Wildman–Crippen LogP) is 0.809. The minimum atomic E-state index is -0.743. The van der Waals surface area contributed by atoms with Gasteiger partial charge in [0.05, 0.1) is 23.3 Å². The molecule has 1 amide bonds. The lowest BCUT2D eigenvalue weighted by molar-refractivity contribution is -0.384. The van der Waals surface area contributed by atoms with Crippen molar-refractivity contribution in [1.29, 1.82) is 0 Å². The van der Waals surface area contributed by atoms with Crippen molar-refractivity contribution >= 4 is 17.6 Å². The molecule has 1 atom stereocenters. The first-order chi connectivity index (χ1) is 13.9. The van der Waals surface area contributed by atoms with Crippen LogP contribution in [0.3, 0.4) is 0 Å². The number of hydrogen-bond acceptors (Lipinski definition) is 7. The predicted molar refractivity (Wildman–Crippen MR) is 103 cm³/mol. The third kappa shape index (κ3) is 4.96. The van der Waals surface area contributed by atoms with Gasteiger partial charge in [-0.1, -0.05) is 12.1 Å². The van der Waals surface area contributed by atoms with Gasteiger partial charge in [0.15, 0.2) is 0 Å². The molecule has 0 unspecified atom stereocenters. The first kappa shape index (κ1) is 20.5. The summed E-state index contributed by atoms with van der Waals surface area (Å²) < 4.78 is 6.46. The van der Waals surface area contributed by atoms with Gasteiger partial charge in [0.2, 0.25) is 5.91 Å². The zero-order valence-electron chi connectivity index (χ0n) is 16.1. The van der Waals surface area contributed by atoms with Crippen LogP contribution in [0.1, 0.15) is 23.7 Å². The van der Waals surface area contributed by atoms with Crippen LogP contribution in [-0.2, 0) is 40.3 Å². The number of benzene rings is 1. The van der Waals surface area contributed by atoms with Gasteiger partial charge in [-0.3, -0.25) is 24.4 Å². The molecule has 3 rings (SSSR count). The highest BCUT2D eigenvalue weighted by Crippen LogP contribution is 2.19. The van der Waals surface area contributed by atoms with Crippen LogP contribution in [0.15, 0.2) is 30.5 Å². The molecule has 0 fully saturated rings. The fraction of sp³-hybridized carbons (Fsp3) is 0.421. The number of rotatable bonds is 7. The molecule has 1 aromatic heterocycles. The Kier molecular flexibility index (Phi) is 6.23. The van der Waals surface area contributed by atoms with Crippen LogP contribution in [-0.4, -0.2) is 50.7 Å². The Labute approximate surface area is 167 Å². The van der Waals surface area contributed by atoms with Gasteiger partial charge in [-0.05, 0) is 18.9 Å². The molecule has 2 heterocycles. The molecule has 10 heteroatoms. The smallest absolute Gasteiger partial charge is 0.327 e. The lowest BCUT2D eigenvalue weighted by Gasteiger charge is -2.28. The van der Waals surface area contributed by atoms with E-state index in [1.165, 1.54) is 16.8 Å². The molecule has 1 aromatic carbocycles. The molecule has 2 aromatic rings. The largest absolute Gasteiger partial charge is 0.465 e. The molecule has 0 saturated carbocycles. The second-order valence-electron chi connectivity index (χ2n) is 6.85. The number of non-ortho nitro benzene ring substituents is 1. The molecular weight excluding hydrogens is 378 g/mol. The number of ether oxygens (including phenoxy) is 1. The number of nitrogens with two attached hydrogens (primary N) is 1. The summed E-state index contributed by atoms with van der Waals surface area (Å²) in [6.45, 7) is 2.97. The lowest BCUT2D eigenvalue weighted by Crippen LogP contribution is -2.46.